The quantitative estimate of drug-likeness (QED) is 0.821. The number of nitrogens with one attached hydrogen (secondary N) is 1. The molecule has 1 aliphatic rings. The molecule has 3 heteroatoms. The van der Waals surface area contributed by atoms with E-state index >= 15 is 0 Å². The van der Waals surface area contributed by atoms with Crippen LogP contribution < -0.4 is 10.9 Å². The number of aromatic nitrogens is 1. The molecule has 1 heterocycles. The molecule has 82 valence electrons. The zero-order chi connectivity index (χ0) is 10.8. The van der Waals surface area contributed by atoms with Gasteiger partial charge >= 0.3 is 0 Å². The van der Waals surface area contributed by atoms with E-state index in [9.17, 15) is 4.79 Å². The summed E-state index contributed by atoms with van der Waals surface area (Å²) in [5.41, 5.74) is 1.14. The van der Waals surface area contributed by atoms with Crippen LogP contribution in [0, 0.1) is 5.92 Å². The second kappa shape index (κ2) is 4.09. The maximum atomic E-state index is 11.4. The van der Waals surface area contributed by atoms with Crippen molar-refractivity contribution in [3.8, 4) is 0 Å². The number of hydrogen-bond acceptors (Lipinski definition) is 2. The minimum atomic E-state index is 0.0741. The Morgan fingerprint density at radius 1 is 1.47 bits per heavy atom. The summed E-state index contributed by atoms with van der Waals surface area (Å²) in [5.74, 6) is 0.847. The van der Waals surface area contributed by atoms with Crippen molar-refractivity contribution in [3.05, 3.63) is 28.7 Å². The lowest BCUT2D eigenvalue weighted by Gasteiger charge is -2.34. The fourth-order valence-corrected chi connectivity index (χ4v) is 2.12. The molecule has 0 atom stereocenters. The number of aryl methyl sites for hydroxylation is 1. The minimum absolute atomic E-state index is 0.0741. The van der Waals surface area contributed by atoms with Gasteiger partial charge in [-0.05, 0) is 31.7 Å². The van der Waals surface area contributed by atoms with E-state index in [2.05, 4.69) is 12.2 Å². The molecule has 0 saturated heterocycles. The van der Waals surface area contributed by atoms with E-state index < -0.39 is 0 Å². The van der Waals surface area contributed by atoms with Crippen LogP contribution in [-0.2, 0) is 6.54 Å². The molecule has 15 heavy (non-hydrogen) atoms. The van der Waals surface area contributed by atoms with Gasteiger partial charge in [-0.2, -0.15) is 0 Å². The van der Waals surface area contributed by atoms with Crippen molar-refractivity contribution in [2.75, 3.05) is 5.32 Å². The second-order valence-corrected chi connectivity index (χ2v) is 4.46. The van der Waals surface area contributed by atoms with Crippen LogP contribution in [0.4, 0.5) is 5.69 Å². The van der Waals surface area contributed by atoms with Crippen molar-refractivity contribution < 1.29 is 0 Å². The Morgan fingerprint density at radius 3 is 2.80 bits per heavy atom. The Hall–Kier alpha value is -1.25. The Morgan fingerprint density at radius 2 is 2.20 bits per heavy atom. The summed E-state index contributed by atoms with van der Waals surface area (Å²) in [4.78, 5) is 11.4. The van der Waals surface area contributed by atoms with E-state index in [0.29, 0.717) is 6.04 Å². The number of nitrogens with zero attached hydrogens (tertiary/aromatic N) is 1. The molecule has 3 nitrogen and oxygen atoms in total. The summed E-state index contributed by atoms with van der Waals surface area (Å²) in [6.07, 6.45) is 4.39. The van der Waals surface area contributed by atoms with Crippen molar-refractivity contribution in [2.24, 2.45) is 5.92 Å². The molecule has 0 aromatic carbocycles. The van der Waals surface area contributed by atoms with Gasteiger partial charge in [0, 0.05) is 24.8 Å². The zero-order valence-electron chi connectivity index (χ0n) is 9.36. The molecule has 0 unspecified atom stereocenters. The Balaban J connectivity index is 2.05. The monoisotopic (exact) mass is 206 g/mol. The van der Waals surface area contributed by atoms with Gasteiger partial charge in [0.25, 0.3) is 5.56 Å². The van der Waals surface area contributed by atoms with Gasteiger partial charge in [0.2, 0.25) is 0 Å². The molecule has 1 aromatic rings. The van der Waals surface area contributed by atoms with E-state index in [4.69, 9.17) is 0 Å². The summed E-state index contributed by atoms with van der Waals surface area (Å²) in [5, 5.41) is 3.45. The highest BCUT2D eigenvalue weighted by Crippen LogP contribution is 2.28. The van der Waals surface area contributed by atoms with Crippen molar-refractivity contribution in [2.45, 2.75) is 39.3 Å². The van der Waals surface area contributed by atoms with Crippen molar-refractivity contribution >= 4 is 5.69 Å². The van der Waals surface area contributed by atoms with Gasteiger partial charge < -0.3 is 9.88 Å². The molecule has 0 amide bonds. The summed E-state index contributed by atoms with van der Waals surface area (Å²) in [7, 11) is 0. The molecule has 1 saturated carbocycles. The highest BCUT2D eigenvalue weighted by molar-refractivity contribution is 5.41. The minimum Gasteiger partial charge on any atom is -0.381 e. The highest BCUT2D eigenvalue weighted by Gasteiger charge is 2.24. The number of pyridine rings is 1. The molecule has 2 rings (SSSR count). The van der Waals surface area contributed by atoms with Crippen molar-refractivity contribution in [3.63, 3.8) is 0 Å². The average Bonchev–Trinajstić information content (AvgIpc) is 2.18. The standard InChI is InChI=1S/C12H18N2O/c1-3-14-8-10(4-5-12(14)15)13-11-6-9(2)7-11/h4-5,8-9,11,13H,3,6-7H2,1-2H3. The molecule has 1 aromatic heterocycles. The predicted molar refractivity (Wildman–Crippen MR) is 62.2 cm³/mol. The van der Waals surface area contributed by atoms with E-state index in [1.165, 1.54) is 12.8 Å². The third-order valence-corrected chi connectivity index (χ3v) is 3.07. The van der Waals surface area contributed by atoms with Gasteiger partial charge in [-0.3, -0.25) is 4.79 Å². The summed E-state index contributed by atoms with van der Waals surface area (Å²) in [6.45, 7) is 4.98. The molecule has 1 aliphatic carbocycles. The molecule has 1 fully saturated rings. The second-order valence-electron chi connectivity index (χ2n) is 4.46. The Bertz CT molecular complexity index is 391. The fraction of sp³-hybridized carbons (Fsp3) is 0.583. The van der Waals surface area contributed by atoms with Crippen LogP contribution in [0.1, 0.15) is 26.7 Å². The molecule has 0 spiro atoms. The molecule has 0 aliphatic heterocycles. The van der Waals surface area contributed by atoms with Crippen LogP contribution in [0.2, 0.25) is 0 Å². The number of hydrogen-bond donors (Lipinski definition) is 1. The summed E-state index contributed by atoms with van der Waals surface area (Å²) < 4.78 is 1.73. The first-order valence-electron chi connectivity index (χ1n) is 5.66. The van der Waals surface area contributed by atoms with E-state index in [-0.39, 0.29) is 5.56 Å². The van der Waals surface area contributed by atoms with Crippen LogP contribution in [0.15, 0.2) is 23.1 Å². The molecule has 1 N–H and O–H groups in total. The van der Waals surface area contributed by atoms with Gasteiger partial charge in [0.05, 0.1) is 5.69 Å². The van der Waals surface area contributed by atoms with Crippen molar-refractivity contribution in [1.82, 2.24) is 4.57 Å². The first-order chi connectivity index (χ1) is 7.19. The van der Waals surface area contributed by atoms with Gasteiger partial charge in [0.1, 0.15) is 0 Å². The zero-order valence-corrected chi connectivity index (χ0v) is 9.36. The SMILES string of the molecule is CCn1cc(NC2CC(C)C2)ccc1=O. The van der Waals surface area contributed by atoms with E-state index in [0.717, 1.165) is 18.2 Å². The normalized spacial score (nSPS) is 24.7. The predicted octanol–water partition coefficient (Wildman–Crippen LogP) is 2.08. The van der Waals surface area contributed by atoms with Crippen LogP contribution >= 0.6 is 0 Å². The van der Waals surface area contributed by atoms with Gasteiger partial charge in [0.15, 0.2) is 0 Å². The summed E-state index contributed by atoms with van der Waals surface area (Å²) >= 11 is 0. The molecule has 0 bridgehead atoms. The lowest BCUT2D eigenvalue weighted by atomic mass is 9.82. The van der Waals surface area contributed by atoms with E-state index in [1.54, 1.807) is 10.6 Å². The van der Waals surface area contributed by atoms with E-state index in [1.807, 2.05) is 19.2 Å². The maximum Gasteiger partial charge on any atom is 0.250 e. The van der Waals surface area contributed by atoms with Crippen LogP contribution in [0.5, 0.6) is 0 Å². The van der Waals surface area contributed by atoms with Crippen molar-refractivity contribution in [1.29, 1.82) is 0 Å². The van der Waals surface area contributed by atoms with Crippen LogP contribution in [0.3, 0.4) is 0 Å². The largest absolute Gasteiger partial charge is 0.381 e. The fourth-order valence-electron chi connectivity index (χ4n) is 2.12. The molecule has 0 radical (unpaired) electrons. The topological polar surface area (TPSA) is 34.0 Å². The third kappa shape index (κ3) is 2.22. The first kappa shape index (κ1) is 10.3. The smallest absolute Gasteiger partial charge is 0.250 e. The summed E-state index contributed by atoms with van der Waals surface area (Å²) in [6, 6.07) is 4.11. The maximum absolute atomic E-state index is 11.4. The lowest BCUT2D eigenvalue weighted by molar-refractivity contribution is 0.309. The third-order valence-electron chi connectivity index (χ3n) is 3.07. The highest BCUT2D eigenvalue weighted by atomic mass is 16.1. The molecular formula is C12H18N2O. The van der Waals surface area contributed by atoms with Crippen LogP contribution in [0.25, 0.3) is 0 Å². The Kier molecular flexibility index (Phi) is 2.80. The number of rotatable bonds is 3. The number of anilines is 1. The van der Waals surface area contributed by atoms with Gasteiger partial charge in [-0.15, -0.1) is 0 Å². The van der Waals surface area contributed by atoms with Gasteiger partial charge in [-0.25, -0.2) is 0 Å². The first-order valence-corrected chi connectivity index (χ1v) is 5.66. The van der Waals surface area contributed by atoms with Gasteiger partial charge in [-0.1, -0.05) is 6.92 Å². The van der Waals surface area contributed by atoms with Crippen LogP contribution in [-0.4, -0.2) is 10.6 Å². The lowest BCUT2D eigenvalue weighted by Crippen LogP contribution is -2.34. The Labute approximate surface area is 90.1 Å². The molecular weight excluding hydrogens is 188 g/mol. The average molecular weight is 206 g/mol.